The third-order valence-electron chi connectivity index (χ3n) is 19.3. The van der Waals surface area contributed by atoms with Crippen LogP contribution in [0, 0.1) is 0 Å². The predicted molar refractivity (Wildman–Crippen MR) is 391 cm³/mol. The molecule has 0 saturated heterocycles. The number of benzene rings is 6. The molecule has 6 aromatic carbocycles. The number of ether oxygens (including phenoxy) is 1. The monoisotopic (exact) mass is 1310 g/mol. The van der Waals surface area contributed by atoms with Gasteiger partial charge in [0.15, 0.2) is 34.9 Å². The first-order valence-electron chi connectivity index (χ1n) is 36.2. The van der Waals surface area contributed by atoms with Gasteiger partial charge in [-0.05, 0) is 220 Å². The molecule has 8 aromatic rings. The molecule has 0 aliphatic heterocycles. The largest absolute Gasteiger partial charge is 0.508 e. The molecule has 3 N–H and O–H groups in total. The Bertz CT molecular complexity index is 3690. The lowest BCUT2D eigenvalue weighted by molar-refractivity contribution is -0.134. The van der Waals surface area contributed by atoms with Gasteiger partial charge >= 0.3 is 5.97 Å². The van der Waals surface area contributed by atoms with Crippen molar-refractivity contribution in [2.45, 2.75) is 252 Å². The minimum absolute atomic E-state index is 0. The number of nitrogens with zero attached hydrogens (tertiary/aromatic N) is 6. The number of carbonyl (C=O) groups is 2. The van der Waals surface area contributed by atoms with Gasteiger partial charge in [0.25, 0.3) is 0 Å². The van der Waals surface area contributed by atoms with Gasteiger partial charge in [0.05, 0.1) is 11.1 Å². The van der Waals surface area contributed by atoms with Crippen LogP contribution in [0.25, 0.3) is 68.3 Å². The number of phenols is 3. The Hall–Kier alpha value is -7.83. The molecule has 508 valence electrons. The van der Waals surface area contributed by atoms with E-state index in [4.69, 9.17) is 46.2 Å². The fourth-order valence-corrected chi connectivity index (χ4v) is 13.9. The second kappa shape index (κ2) is 37.6. The van der Waals surface area contributed by atoms with Crippen LogP contribution in [0.1, 0.15) is 246 Å². The topological polar surface area (TPSA) is 181 Å². The van der Waals surface area contributed by atoms with Gasteiger partial charge in [-0.2, -0.15) is 0 Å². The van der Waals surface area contributed by atoms with Crippen LogP contribution in [-0.2, 0) is 61.0 Å². The first-order valence-corrected chi connectivity index (χ1v) is 36.6. The highest BCUT2D eigenvalue weighted by Gasteiger charge is 2.22. The summed E-state index contributed by atoms with van der Waals surface area (Å²) in [7, 11) is 0. The number of hydrogen-bond acceptors (Lipinski definition) is 12. The fourth-order valence-electron chi connectivity index (χ4n) is 13.8. The Morgan fingerprint density at radius 1 is 0.354 bits per heavy atom. The molecular formula is C83H103ClN6O6. The quantitative estimate of drug-likeness (QED) is 0.0192. The lowest BCUT2D eigenvalue weighted by Gasteiger charge is -2.18. The van der Waals surface area contributed by atoms with Gasteiger partial charge < -0.3 is 20.1 Å². The molecule has 0 unspecified atom stereocenters. The van der Waals surface area contributed by atoms with Crippen LogP contribution in [0.5, 0.6) is 23.0 Å². The number of fused-ring (bicyclic) bond motifs is 4. The summed E-state index contributed by atoms with van der Waals surface area (Å²) in [5.41, 5.74) is 15.9. The number of aryl methyl sites for hydroxylation is 8. The van der Waals surface area contributed by atoms with Crippen LogP contribution in [0.2, 0.25) is 0 Å². The first kappa shape index (κ1) is 72.4. The average molecular weight is 1320 g/mol. The Labute approximate surface area is 576 Å². The standard InChI is InChI=1S/C41H49N3O3.C29H27N3O2.C12H23ClO.CH4/c1-2-3-4-5-6-7-8-9-10-19-38(46)47-35-24-25-36(37(45)28-35)41-43-39(33-22-20-29-15-11-13-17-31(29)26-33)42-40(44-41)34-23-21-30-16-12-14-18-32(30)27-34;33-24-13-14-25(26(34)17-24)29-31-27(22-11-9-18-5-1-3-7-20(18)15-22)30-28(32-29)23-12-10-19-6-2-4-8-21(19)16-23;1-2-3-4-5-6-7-8-9-10-11-12(13)14;/h20-28,45H,2-19H2,1H3;9-17,33-34H,1-8H2;2-11H2,1H3;1H4. The van der Waals surface area contributed by atoms with Crippen LogP contribution >= 0.6 is 11.6 Å². The van der Waals surface area contributed by atoms with Crippen LogP contribution in [0.3, 0.4) is 0 Å². The van der Waals surface area contributed by atoms with Crippen molar-refractivity contribution >= 4 is 22.8 Å². The SMILES string of the molecule is C.CCCCCCCCCCCC(=O)Cl.CCCCCCCCCCCC(=O)Oc1ccc(-c2nc(-c3ccc4c(c3)CCCC4)nc(-c3ccc4c(c3)CCCC4)n2)c(O)c1.Oc1ccc(-c2nc(-c3ccc4c(c3)CCCC4)nc(-c3ccc4c(c3)CCCC4)n2)c(O)c1. The average Bonchev–Trinajstić information content (AvgIpc) is 0.832. The molecule has 0 fully saturated rings. The van der Waals surface area contributed by atoms with Crippen molar-refractivity contribution in [2.75, 3.05) is 0 Å². The number of rotatable bonds is 27. The van der Waals surface area contributed by atoms with Gasteiger partial charge in [0, 0.05) is 47.2 Å². The van der Waals surface area contributed by atoms with Crippen LogP contribution in [0.15, 0.2) is 109 Å². The van der Waals surface area contributed by atoms with Crippen molar-refractivity contribution in [3.63, 3.8) is 0 Å². The van der Waals surface area contributed by atoms with Gasteiger partial charge in [-0.1, -0.05) is 173 Å². The summed E-state index contributed by atoms with van der Waals surface area (Å²) >= 11 is 5.24. The van der Waals surface area contributed by atoms with Crippen molar-refractivity contribution in [1.29, 1.82) is 0 Å². The predicted octanol–water partition coefficient (Wildman–Crippen LogP) is 21.5. The molecule has 12 rings (SSSR count). The Morgan fingerprint density at radius 3 is 0.990 bits per heavy atom. The molecule has 2 aromatic heterocycles. The minimum atomic E-state index is -0.273. The number of esters is 1. The van der Waals surface area contributed by atoms with Crippen molar-refractivity contribution in [2.24, 2.45) is 0 Å². The van der Waals surface area contributed by atoms with E-state index in [9.17, 15) is 24.9 Å². The molecule has 13 heteroatoms. The van der Waals surface area contributed by atoms with Crippen LogP contribution < -0.4 is 4.74 Å². The third-order valence-corrected chi connectivity index (χ3v) is 19.5. The molecular weight excluding hydrogens is 1210 g/mol. The van der Waals surface area contributed by atoms with Crippen molar-refractivity contribution in [3.05, 3.63) is 154 Å². The highest BCUT2D eigenvalue weighted by molar-refractivity contribution is 6.63. The van der Waals surface area contributed by atoms with Gasteiger partial charge in [0.1, 0.15) is 23.0 Å². The van der Waals surface area contributed by atoms with Crippen LogP contribution in [-0.4, -0.2) is 56.4 Å². The van der Waals surface area contributed by atoms with E-state index in [0.717, 1.165) is 106 Å². The van der Waals surface area contributed by atoms with E-state index in [1.807, 2.05) is 0 Å². The number of unbranched alkanes of at least 4 members (excludes halogenated alkanes) is 16. The van der Waals surface area contributed by atoms with Gasteiger partial charge in [0.2, 0.25) is 5.24 Å². The summed E-state index contributed by atoms with van der Waals surface area (Å²) < 4.78 is 5.60. The molecule has 0 amide bonds. The molecule has 12 nitrogen and oxygen atoms in total. The molecule has 0 bridgehead atoms. The van der Waals surface area contributed by atoms with Crippen LogP contribution in [0.4, 0.5) is 0 Å². The number of halogens is 1. The van der Waals surface area contributed by atoms with Crippen molar-refractivity contribution < 1.29 is 29.6 Å². The zero-order valence-corrected chi connectivity index (χ0v) is 57.2. The summed E-state index contributed by atoms with van der Waals surface area (Å²) in [5.74, 6) is 3.13. The van der Waals surface area contributed by atoms with E-state index in [1.165, 1.54) is 198 Å². The van der Waals surface area contributed by atoms with Crippen molar-refractivity contribution in [3.8, 4) is 91.3 Å². The number of hydrogen-bond donors (Lipinski definition) is 3. The lowest BCUT2D eigenvalue weighted by atomic mass is 9.90. The number of carbonyl (C=O) groups excluding carboxylic acids is 2. The zero-order valence-electron chi connectivity index (χ0n) is 56.5. The normalized spacial score (nSPS) is 13.7. The maximum Gasteiger partial charge on any atom is 0.311 e. The Kier molecular flexibility index (Phi) is 28.4. The molecule has 4 aliphatic carbocycles. The number of phenolic OH excluding ortho intramolecular Hbond substituents is 3. The van der Waals surface area contributed by atoms with E-state index in [0.29, 0.717) is 64.7 Å². The molecule has 96 heavy (non-hydrogen) atoms. The highest BCUT2D eigenvalue weighted by Crippen LogP contribution is 2.38. The van der Waals surface area contributed by atoms with Crippen molar-refractivity contribution in [1.82, 2.24) is 29.9 Å². The summed E-state index contributed by atoms with van der Waals surface area (Å²) in [4.78, 5) is 52.1. The third kappa shape index (κ3) is 21.1. The second-order valence-electron chi connectivity index (χ2n) is 26.7. The van der Waals surface area contributed by atoms with E-state index < -0.39 is 0 Å². The molecule has 0 saturated carbocycles. The maximum atomic E-state index is 12.6. The smallest absolute Gasteiger partial charge is 0.311 e. The van der Waals surface area contributed by atoms with Gasteiger partial charge in [-0.15, -0.1) is 0 Å². The summed E-state index contributed by atoms with van der Waals surface area (Å²) in [6, 6.07) is 35.5. The first-order chi connectivity index (χ1) is 46.5. The number of aromatic hydroxyl groups is 3. The molecule has 0 atom stereocenters. The van der Waals surface area contributed by atoms with Gasteiger partial charge in [-0.3, -0.25) is 9.59 Å². The Balaban J connectivity index is 0.000000192. The van der Waals surface area contributed by atoms with Gasteiger partial charge in [-0.25, -0.2) is 29.9 Å². The van der Waals surface area contributed by atoms with E-state index in [1.54, 1.807) is 18.2 Å². The second-order valence-corrected chi connectivity index (χ2v) is 27.2. The molecule has 2 heterocycles. The summed E-state index contributed by atoms with van der Waals surface area (Å²) in [5, 5.41) is 31.3. The zero-order chi connectivity index (χ0) is 66.1. The van der Waals surface area contributed by atoms with E-state index >= 15 is 0 Å². The maximum absolute atomic E-state index is 12.6. The fraction of sp³-hybridized carbons (Fsp3) is 0.470. The molecule has 0 spiro atoms. The summed E-state index contributed by atoms with van der Waals surface area (Å²) in [6.07, 6.45) is 41.7. The highest BCUT2D eigenvalue weighted by atomic mass is 35.5. The minimum Gasteiger partial charge on any atom is -0.508 e. The lowest BCUT2D eigenvalue weighted by Crippen LogP contribution is -2.07. The summed E-state index contributed by atoms with van der Waals surface area (Å²) in [6.45, 7) is 4.48. The number of aromatic nitrogens is 6. The molecule has 0 radical (unpaired) electrons. The Morgan fingerprint density at radius 2 is 0.656 bits per heavy atom. The molecule has 4 aliphatic rings. The van der Waals surface area contributed by atoms with E-state index in [2.05, 4.69) is 86.6 Å². The van der Waals surface area contributed by atoms with E-state index in [-0.39, 0.29) is 35.9 Å².